The maximum atomic E-state index is 13.6. The number of sulfone groups is 2. The van der Waals surface area contributed by atoms with E-state index in [4.69, 9.17) is 4.84 Å². The molecule has 2 heterocycles. The van der Waals surface area contributed by atoms with E-state index in [0.29, 0.717) is 0 Å². The molecule has 2 aliphatic rings. The van der Waals surface area contributed by atoms with Crippen molar-refractivity contribution in [2.45, 2.75) is 45.8 Å². The zero-order valence-electron chi connectivity index (χ0n) is 15.1. The Kier molecular flexibility index (Phi) is 4.05. The average molecular weight is 408 g/mol. The number of hydrogen-bond donors (Lipinski definition) is 0. The fourth-order valence-corrected chi connectivity index (χ4v) is 8.63. The molecule has 6 nitrogen and oxygen atoms in total. The number of piperidine rings is 1. The van der Waals surface area contributed by atoms with Crippen LogP contribution in [0.4, 0.5) is 0 Å². The van der Waals surface area contributed by atoms with Crippen molar-refractivity contribution in [2.75, 3.05) is 6.54 Å². The first-order chi connectivity index (χ1) is 12.6. The summed E-state index contributed by atoms with van der Waals surface area (Å²) in [6.45, 7) is 3.73. The minimum Gasteiger partial charge on any atom is -0.274 e. The summed E-state index contributed by atoms with van der Waals surface area (Å²) in [5, 5.41) is 0.309. The molecule has 0 aromatic heterocycles. The van der Waals surface area contributed by atoms with Crippen LogP contribution in [0.25, 0.3) is 0 Å². The van der Waals surface area contributed by atoms with Gasteiger partial charge in [0.1, 0.15) is 5.25 Å². The van der Waals surface area contributed by atoms with Crippen LogP contribution < -0.4 is 0 Å². The van der Waals surface area contributed by atoms with Gasteiger partial charge in [0.2, 0.25) is 14.8 Å². The summed E-state index contributed by atoms with van der Waals surface area (Å²) in [6, 6.07) is 15.9. The van der Waals surface area contributed by atoms with Gasteiger partial charge in [-0.2, -0.15) is 5.06 Å². The van der Waals surface area contributed by atoms with Gasteiger partial charge in [-0.05, 0) is 38.1 Å². The van der Waals surface area contributed by atoms with E-state index in [9.17, 15) is 16.8 Å². The molecular weight excluding hydrogens is 386 g/mol. The minimum atomic E-state index is -4.06. The molecule has 2 aromatic carbocycles. The molecule has 0 N–H and O–H groups in total. The number of hydrogen-bond acceptors (Lipinski definition) is 6. The van der Waals surface area contributed by atoms with Gasteiger partial charge in [-0.25, -0.2) is 16.8 Å². The van der Waals surface area contributed by atoms with E-state index in [1.54, 1.807) is 36.4 Å². The molecule has 2 saturated heterocycles. The summed E-state index contributed by atoms with van der Waals surface area (Å²) in [5.41, 5.74) is -0.579. The van der Waals surface area contributed by atoms with Gasteiger partial charge in [0.05, 0.1) is 9.79 Å². The second-order valence-electron chi connectivity index (χ2n) is 7.62. The molecule has 4 rings (SSSR count). The lowest BCUT2D eigenvalue weighted by Crippen LogP contribution is -2.55. The van der Waals surface area contributed by atoms with Gasteiger partial charge in [0.15, 0.2) is 9.84 Å². The second kappa shape index (κ2) is 5.88. The van der Waals surface area contributed by atoms with Gasteiger partial charge in [0.25, 0.3) is 0 Å². The van der Waals surface area contributed by atoms with E-state index in [1.165, 1.54) is 29.3 Å². The van der Waals surface area contributed by atoms with Crippen LogP contribution in [0.5, 0.6) is 0 Å². The van der Waals surface area contributed by atoms with Crippen LogP contribution in [0.1, 0.15) is 20.3 Å². The van der Waals surface area contributed by atoms with Gasteiger partial charge in [0, 0.05) is 18.5 Å². The van der Waals surface area contributed by atoms with E-state index >= 15 is 0 Å². The lowest BCUT2D eigenvalue weighted by atomic mass is 9.92. The van der Waals surface area contributed by atoms with Crippen molar-refractivity contribution in [3.05, 3.63) is 60.7 Å². The third-order valence-electron chi connectivity index (χ3n) is 5.40. The Morgan fingerprint density at radius 1 is 0.889 bits per heavy atom. The lowest BCUT2D eigenvalue weighted by molar-refractivity contribution is -0.144. The predicted molar refractivity (Wildman–Crippen MR) is 100 cm³/mol. The average Bonchev–Trinajstić information content (AvgIpc) is 3.17. The molecule has 2 aliphatic heterocycles. The number of hydroxylamine groups is 2. The normalized spacial score (nSPS) is 29.7. The summed E-state index contributed by atoms with van der Waals surface area (Å²) >= 11 is 0. The Morgan fingerprint density at radius 3 is 1.93 bits per heavy atom. The molecule has 27 heavy (non-hydrogen) atoms. The summed E-state index contributed by atoms with van der Waals surface area (Å²) < 4.78 is 53.8. The smallest absolute Gasteiger partial charge is 0.214 e. The number of benzene rings is 2. The second-order valence-corrected chi connectivity index (χ2v) is 11.9. The fourth-order valence-electron chi connectivity index (χ4n) is 4.01. The van der Waals surface area contributed by atoms with Crippen LogP contribution in [0.2, 0.25) is 0 Å². The van der Waals surface area contributed by atoms with Crippen LogP contribution in [-0.2, 0) is 24.5 Å². The van der Waals surface area contributed by atoms with E-state index in [-0.39, 0.29) is 22.8 Å². The minimum absolute atomic E-state index is 0.0102. The van der Waals surface area contributed by atoms with E-state index in [1.807, 2.05) is 13.8 Å². The highest BCUT2D eigenvalue weighted by Gasteiger charge is 2.71. The molecule has 0 aliphatic carbocycles. The highest BCUT2D eigenvalue weighted by molar-refractivity contribution is 7.96. The largest absolute Gasteiger partial charge is 0.274 e. The van der Waals surface area contributed by atoms with Crippen molar-refractivity contribution in [2.24, 2.45) is 0 Å². The summed E-state index contributed by atoms with van der Waals surface area (Å²) in [6.07, 6.45) is 0.0773. The van der Waals surface area contributed by atoms with Gasteiger partial charge < -0.3 is 0 Å². The molecular formula is C19H21NO5S2. The van der Waals surface area contributed by atoms with Crippen LogP contribution >= 0.6 is 0 Å². The lowest BCUT2D eigenvalue weighted by Gasteiger charge is -2.36. The fraction of sp³-hybridized carbons (Fsp3) is 0.368. The molecule has 0 spiro atoms. The quantitative estimate of drug-likeness (QED) is 0.774. The third kappa shape index (κ3) is 2.58. The van der Waals surface area contributed by atoms with Gasteiger partial charge >= 0.3 is 0 Å². The maximum absolute atomic E-state index is 13.6. The molecule has 144 valence electrons. The summed E-state index contributed by atoms with van der Waals surface area (Å²) in [4.78, 5) is 4.21. The van der Waals surface area contributed by atoms with Crippen molar-refractivity contribution < 1.29 is 21.7 Å². The van der Waals surface area contributed by atoms with Crippen molar-refractivity contribution in [1.29, 1.82) is 0 Å². The zero-order valence-corrected chi connectivity index (χ0v) is 16.7. The summed E-state index contributed by atoms with van der Waals surface area (Å²) in [7, 11) is -7.98. The molecule has 0 radical (unpaired) electrons. The van der Waals surface area contributed by atoms with Crippen molar-refractivity contribution >= 4 is 19.7 Å². The third-order valence-corrected chi connectivity index (χ3v) is 10.1. The Labute approximate surface area is 159 Å². The zero-order chi connectivity index (χ0) is 19.5. The number of fused-ring (bicyclic) bond motifs is 2. The first-order valence-electron chi connectivity index (χ1n) is 8.67. The number of rotatable bonds is 4. The van der Waals surface area contributed by atoms with Crippen molar-refractivity contribution in [3.63, 3.8) is 0 Å². The van der Waals surface area contributed by atoms with Gasteiger partial charge in [-0.3, -0.25) is 4.84 Å². The van der Waals surface area contributed by atoms with Crippen LogP contribution in [-0.4, -0.2) is 44.2 Å². The summed E-state index contributed by atoms with van der Waals surface area (Å²) in [5.74, 6) is 0. The monoisotopic (exact) mass is 407 g/mol. The Balaban J connectivity index is 1.90. The molecule has 2 fully saturated rings. The topological polar surface area (TPSA) is 80.8 Å². The van der Waals surface area contributed by atoms with Crippen molar-refractivity contribution in [3.8, 4) is 0 Å². The molecule has 0 saturated carbocycles. The standard InChI is InChI=1S/C19H21NO5S2/c1-18(2)14-19(27(23,24)16-11-7-4-8-12-16)17(13-20(18)25-19)26(21,22)15-9-5-3-6-10-15/h3-12,17H,13-14H2,1-2H3/t17-,19?/m1/s1. The van der Waals surface area contributed by atoms with Gasteiger partial charge in [-0.1, -0.05) is 36.4 Å². The Morgan fingerprint density at radius 2 is 1.41 bits per heavy atom. The van der Waals surface area contributed by atoms with Crippen LogP contribution in [0, 0.1) is 0 Å². The molecule has 8 heteroatoms. The number of nitrogens with zero attached hydrogens (tertiary/aromatic N) is 1. The van der Waals surface area contributed by atoms with Crippen LogP contribution in [0.3, 0.4) is 0 Å². The Hall–Kier alpha value is -1.74. The Bertz CT molecular complexity index is 1070. The molecule has 0 amide bonds. The molecule has 2 aromatic rings. The first-order valence-corrected chi connectivity index (χ1v) is 11.7. The van der Waals surface area contributed by atoms with E-state index in [0.717, 1.165) is 0 Å². The molecule has 3 atom stereocenters. The van der Waals surface area contributed by atoms with E-state index < -0.39 is 35.4 Å². The van der Waals surface area contributed by atoms with Gasteiger partial charge in [-0.15, -0.1) is 0 Å². The van der Waals surface area contributed by atoms with E-state index in [2.05, 4.69) is 0 Å². The van der Waals surface area contributed by atoms with Crippen molar-refractivity contribution in [1.82, 2.24) is 5.06 Å². The molecule has 2 unspecified atom stereocenters. The highest BCUT2D eigenvalue weighted by atomic mass is 32.2. The first kappa shape index (κ1) is 18.6. The molecule has 2 bridgehead atoms. The highest BCUT2D eigenvalue weighted by Crippen LogP contribution is 2.54. The maximum Gasteiger partial charge on any atom is 0.214 e. The predicted octanol–water partition coefficient (Wildman–Crippen LogP) is 2.43. The SMILES string of the molecule is CC1(C)CC2(S(=O)(=O)c3ccccc3)ON1C[C@H]2S(=O)(=O)c1ccccc1. The van der Waals surface area contributed by atoms with Crippen LogP contribution in [0.15, 0.2) is 70.5 Å².